The van der Waals surface area contributed by atoms with Gasteiger partial charge in [0.25, 0.3) is 0 Å². The van der Waals surface area contributed by atoms with Crippen LogP contribution < -0.4 is 0 Å². The first-order chi connectivity index (χ1) is 9.70. The average molecular weight is 335 g/mol. The van der Waals surface area contributed by atoms with E-state index in [-0.39, 0.29) is 5.97 Å². The van der Waals surface area contributed by atoms with E-state index in [0.29, 0.717) is 11.5 Å². The van der Waals surface area contributed by atoms with Gasteiger partial charge in [-0.15, -0.1) is 0 Å². The van der Waals surface area contributed by atoms with Gasteiger partial charge in [-0.25, -0.2) is 4.79 Å². The third-order valence-corrected chi connectivity index (χ3v) is 5.18. The van der Waals surface area contributed by atoms with Gasteiger partial charge in [-0.05, 0) is 47.6 Å². The van der Waals surface area contributed by atoms with Gasteiger partial charge in [-0.3, -0.25) is 0 Å². The number of esters is 1. The van der Waals surface area contributed by atoms with Crippen molar-refractivity contribution in [2.75, 3.05) is 7.11 Å². The Morgan fingerprint density at radius 3 is 2.70 bits per heavy atom. The molecule has 0 aromatic heterocycles. The number of carbonyl (C=O) groups excluding carboxylic acids is 1. The fraction of sp³-hybridized carbons (Fsp3) is 0.471. The highest BCUT2D eigenvalue weighted by Gasteiger charge is 2.28. The van der Waals surface area contributed by atoms with Crippen LogP contribution in [0.15, 0.2) is 22.7 Å². The molecule has 1 aromatic carbocycles. The highest BCUT2D eigenvalue weighted by atomic mass is 79.9. The van der Waals surface area contributed by atoms with E-state index < -0.39 is 0 Å². The molecular weight excluding hydrogens is 316 g/mol. The number of carbonyl (C=O) groups is 1. The third kappa shape index (κ3) is 2.44. The number of allylic oxidation sites excluding steroid dienone is 2. The Labute approximate surface area is 128 Å². The number of hydrogen-bond donors (Lipinski definition) is 0. The molecule has 0 bridgehead atoms. The summed E-state index contributed by atoms with van der Waals surface area (Å²) in [6.45, 7) is 0. The minimum atomic E-state index is -0.255. The van der Waals surface area contributed by atoms with Gasteiger partial charge in [0, 0.05) is 10.9 Å². The molecule has 0 aliphatic heterocycles. The van der Waals surface area contributed by atoms with Crippen LogP contribution in [0.2, 0.25) is 0 Å². The highest BCUT2D eigenvalue weighted by molar-refractivity contribution is 9.11. The summed E-state index contributed by atoms with van der Waals surface area (Å²) in [6, 6.07) is 5.97. The summed E-state index contributed by atoms with van der Waals surface area (Å²) in [5.74, 6) is 0.429. The Bertz CT molecular complexity index is 568. The molecular formula is C17H19BrO2. The van der Waals surface area contributed by atoms with Crippen molar-refractivity contribution >= 4 is 27.5 Å². The van der Waals surface area contributed by atoms with Crippen molar-refractivity contribution in [3.63, 3.8) is 0 Å². The second kappa shape index (κ2) is 5.72. The summed E-state index contributed by atoms with van der Waals surface area (Å²) in [5.41, 5.74) is 4.71. The summed E-state index contributed by atoms with van der Waals surface area (Å²) in [4.78, 5) is 11.6. The van der Waals surface area contributed by atoms with Gasteiger partial charge in [0.05, 0.1) is 12.7 Å². The molecule has 0 amide bonds. The normalized spacial score (nSPS) is 19.1. The molecule has 1 fully saturated rings. The molecule has 20 heavy (non-hydrogen) atoms. The molecule has 3 rings (SSSR count). The summed E-state index contributed by atoms with van der Waals surface area (Å²) < 4.78 is 6.11. The highest BCUT2D eigenvalue weighted by Crippen LogP contribution is 2.45. The van der Waals surface area contributed by atoms with E-state index in [2.05, 4.69) is 22.0 Å². The molecule has 1 saturated carbocycles. The van der Waals surface area contributed by atoms with E-state index in [4.69, 9.17) is 4.74 Å². The van der Waals surface area contributed by atoms with Crippen molar-refractivity contribution in [3.8, 4) is 0 Å². The molecule has 0 atom stereocenters. The maximum Gasteiger partial charge on any atom is 0.337 e. The van der Waals surface area contributed by atoms with Gasteiger partial charge < -0.3 is 4.74 Å². The van der Waals surface area contributed by atoms with Crippen LogP contribution in [0.3, 0.4) is 0 Å². The molecule has 0 N–H and O–H groups in total. The lowest BCUT2D eigenvalue weighted by Crippen LogP contribution is -2.08. The minimum absolute atomic E-state index is 0.255. The zero-order valence-electron chi connectivity index (χ0n) is 11.7. The molecule has 0 unspecified atom stereocenters. The van der Waals surface area contributed by atoms with Gasteiger partial charge in [0.1, 0.15) is 0 Å². The van der Waals surface area contributed by atoms with Crippen LogP contribution in [0.4, 0.5) is 0 Å². The zero-order chi connectivity index (χ0) is 14.1. The molecule has 1 aromatic rings. The Balaban J connectivity index is 1.92. The monoisotopic (exact) mass is 334 g/mol. The number of ether oxygens (including phenoxy) is 1. The summed E-state index contributed by atoms with van der Waals surface area (Å²) in [5, 5.41) is 0. The van der Waals surface area contributed by atoms with Crippen molar-refractivity contribution in [1.29, 1.82) is 0 Å². The molecule has 2 aliphatic carbocycles. The first-order valence-corrected chi connectivity index (χ1v) is 8.10. The van der Waals surface area contributed by atoms with Crippen molar-refractivity contribution in [2.24, 2.45) is 5.92 Å². The van der Waals surface area contributed by atoms with Crippen LogP contribution in [0.1, 0.15) is 53.6 Å². The molecule has 106 valence electrons. The summed E-state index contributed by atoms with van der Waals surface area (Å²) in [7, 11) is 1.43. The lowest BCUT2D eigenvalue weighted by Gasteiger charge is -2.24. The van der Waals surface area contributed by atoms with E-state index >= 15 is 0 Å². The van der Waals surface area contributed by atoms with Crippen LogP contribution >= 0.6 is 15.9 Å². The predicted molar refractivity (Wildman–Crippen MR) is 83.9 cm³/mol. The maximum absolute atomic E-state index is 11.6. The quantitative estimate of drug-likeness (QED) is 0.731. The molecule has 0 saturated heterocycles. The van der Waals surface area contributed by atoms with Gasteiger partial charge in [0.15, 0.2) is 0 Å². The predicted octanol–water partition coefficient (Wildman–Crippen LogP) is 4.72. The van der Waals surface area contributed by atoms with E-state index in [1.807, 2.05) is 12.1 Å². The standard InChI is InChI=1S/C17H19BrO2/c1-20-17(19)12-7-8-14-13(9-12)10-15(18)16(14)11-5-3-2-4-6-11/h7-9,11H,2-6,10H2,1H3. The fourth-order valence-corrected chi connectivity index (χ4v) is 4.33. The topological polar surface area (TPSA) is 26.3 Å². The number of methoxy groups -OCH3 is 1. The molecule has 2 aliphatic rings. The second-order valence-electron chi connectivity index (χ2n) is 5.69. The van der Waals surface area contributed by atoms with E-state index in [0.717, 1.165) is 6.42 Å². The number of fused-ring (bicyclic) bond motifs is 1. The first kappa shape index (κ1) is 13.9. The van der Waals surface area contributed by atoms with Crippen LogP contribution in [-0.4, -0.2) is 13.1 Å². The molecule has 0 spiro atoms. The van der Waals surface area contributed by atoms with Crippen molar-refractivity contribution in [3.05, 3.63) is 39.4 Å². The largest absolute Gasteiger partial charge is 0.465 e. The van der Waals surface area contributed by atoms with E-state index in [9.17, 15) is 4.79 Å². The number of benzene rings is 1. The molecule has 3 heteroatoms. The van der Waals surface area contributed by atoms with Crippen LogP contribution in [0, 0.1) is 5.92 Å². The lowest BCUT2D eigenvalue weighted by atomic mass is 9.81. The van der Waals surface area contributed by atoms with Gasteiger partial charge in [0.2, 0.25) is 0 Å². The molecule has 0 radical (unpaired) electrons. The number of hydrogen-bond acceptors (Lipinski definition) is 2. The Morgan fingerprint density at radius 2 is 2.00 bits per heavy atom. The zero-order valence-corrected chi connectivity index (χ0v) is 13.3. The van der Waals surface area contributed by atoms with Crippen LogP contribution in [-0.2, 0) is 11.2 Å². The number of halogens is 1. The van der Waals surface area contributed by atoms with Gasteiger partial charge in [-0.1, -0.05) is 41.3 Å². The summed E-state index contributed by atoms with van der Waals surface area (Å²) >= 11 is 3.76. The Morgan fingerprint density at radius 1 is 1.25 bits per heavy atom. The number of rotatable bonds is 2. The first-order valence-electron chi connectivity index (χ1n) is 7.31. The van der Waals surface area contributed by atoms with E-state index in [1.165, 1.54) is 60.4 Å². The maximum atomic E-state index is 11.6. The smallest absolute Gasteiger partial charge is 0.337 e. The van der Waals surface area contributed by atoms with Gasteiger partial charge in [-0.2, -0.15) is 0 Å². The van der Waals surface area contributed by atoms with Crippen molar-refractivity contribution in [2.45, 2.75) is 38.5 Å². The van der Waals surface area contributed by atoms with Crippen molar-refractivity contribution < 1.29 is 9.53 Å². The van der Waals surface area contributed by atoms with Gasteiger partial charge >= 0.3 is 5.97 Å². The third-order valence-electron chi connectivity index (χ3n) is 4.47. The van der Waals surface area contributed by atoms with Crippen molar-refractivity contribution in [1.82, 2.24) is 0 Å². The Kier molecular flexibility index (Phi) is 3.97. The average Bonchev–Trinajstić information content (AvgIpc) is 2.82. The fourth-order valence-electron chi connectivity index (χ4n) is 3.49. The van der Waals surface area contributed by atoms with E-state index in [1.54, 1.807) is 0 Å². The second-order valence-corrected chi connectivity index (χ2v) is 6.65. The van der Waals surface area contributed by atoms with Crippen LogP contribution in [0.5, 0.6) is 0 Å². The van der Waals surface area contributed by atoms with Crippen LogP contribution in [0.25, 0.3) is 5.57 Å². The lowest BCUT2D eigenvalue weighted by molar-refractivity contribution is 0.0600. The minimum Gasteiger partial charge on any atom is -0.465 e. The molecule has 2 nitrogen and oxygen atoms in total. The summed E-state index contributed by atoms with van der Waals surface area (Å²) in [6.07, 6.45) is 7.54. The Hall–Kier alpha value is -1.09. The SMILES string of the molecule is COC(=O)c1ccc2c(c1)CC(Br)=C2C1CCCCC1. The molecule has 0 heterocycles.